The van der Waals surface area contributed by atoms with Crippen molar-refractivity contribution in [3.63, 3.8) is 0 Å². The van der Waals surface area contributed by atoms with Crippen LogP contribution in [0.1, 0.15) is 5.56 Å². The van der Waals surface area contributed by atoms with Crippen molar-refractivity contribution < 1.29 is 9.13 Å². The van der Waals surface area contributed by atoms with E-state index in [2.05, 4.69) is 12.6 Å². The van der Waals surface area contributed by atoms with Gasteiger partial charge in [-0.1, -0.05) is 12.1 Å². The summed E-state index contributed by atoms with van der Waals surface area (Å²) >= 11 is 4.24. The Bertz CT molecular complexity index is 468. The van der Waals surface area contributed by atoms with Crippen LogP contribution in [0.3, 0.4) is 0 Å². The maximum atomic E-state index is 12.6. The fraction of sp³-hybridized carbons (Fsp3) is 0.0769. The summed E-state index contributed by atoms with van der Waals surface area (Å²) in [4.78, 5) is 0.903. The fourth-order valence-corrected chi connectivity index (χ4v) is 1.60. The van der Waals surface area contributed by atoms with Crippen LogP contribution in [0.5, 0.6) is 5.75 Å². The van der Waals surface area contributed by atoms with Crippen LogP contribution in [-0.2, 0) is 6.61 Å². The maximum absolute atomic E-state index is 12.6. The Kier molecular flexibility index (Phi) is 3.47. The van der Waals surface area contributed by atoms with Gasteiger partial charge in [-0.15, -0.1) is 12.6 Å². The van der Waals surface area contributed by atoms with Crippen LogP contribution < -0.4 is 4.74 Å². The molecule has 0 aliphatic rings. The molecule has 0 heterocycles. The van der Waals surface area contributed by atoms with Crippen molar-refractivity contribution in [2.75, 3.05) is 0 Å². The van der Waals surface area contributed by atoms with Gasteiger partial charge in [0.25, 0.3) is 0 Å². The molecule has 2 aromatic rings. The van der Waals surface area contributed by atoms with Gasteiger partial charge in [0.2, 0.25) is 0 Å². The third kappa shape index (κ3) is 3.00. The van der Waals surface area contributed by atoms with Crippen molar-refractivity contribution in [1.82, 2.24) is 0 Å². The molecule has 0 aromatic heterocycles. The molecule has 0 aliphatic heterocycles. The number of rotatable bonds is 3. The number of hydrogen-bond acceptors (Lipinski definition) is 2. The van der Waals surface area contributed by atoms with Gasteiger partial charge in [0, 0.05) is 4.90 Å². The van der Waals surface area contributed by atoms with Gasteiger partial charge >= 0.3 is 0 Å². The summed E-state index contributed by atoms with van der Waals surface area (Å²) in [5.41, 5.74) is 1.04. The fourth-order valence-electron chi connectivity index (χ4n) is 1.34. The third-order valence-electron chi connectivity index (χ3n) is 2.13. The molecular weight excluding hydrogens is 223 g/mol. The van der Waals surface area contributed by atoms with Crippen LogP contribution >= 0.6 is 12.6 Å². The molecule has 0 N–H and O–H groups in total. The normalized spacial score (nSPS) is 10.1. The molecule has 0 radical (unpaired) electrons. The zero-order chi connectivity index (χ0) is 11.4. The summed E-state index contributed by atoms with van der Waals surface area (Å²) in [5.74, 6) is 0.399. The second-order valence-corrected chi connectivity index (χ2v) is 3.93. The topological polar surface area (TPSA) is 9.23 Å². The van der Waals surface area contributed by atoms with Gasteiger partial charge in [0.1, 0.15) is 18.2 Å². The molecule has 2 rings (SSSR count). The first kappa shape index (κ1) is 11.0. The predicted octanol–water partition coefficient (Wildman–Crippen LogP) is 3.69. The number of halogens is 1. The van der Waals surface area contributed by atoms with E-state index in [4.69, 9.17) is 4.74 Å². The first-order valence-corrected chi connectivity index (χ1v) is 5.35. The molecule has 16 heavy (non-hydrogen) atoms. The van der Waals surface area contributed by atoms with Crippen molar-refractivity contribution >= 4 is 12.6 Å². The Hall–Kier alpha value is -1.48. The van der Waals surface area contributed by atoms with Crippen LogP contribution in [-0.4, -0.2) is 0 Å². The smallest absolute Gasteiger partial charge is 0.123 e. The lowest BCUT2D eigenvalue weighted by Gasteiger charge is -2.06. The maximum Gasteiger partial charge on any atom is 0.123 e. The van der Waals surface area contributed by atoms with Crippen LogP contribution in [0.15, 0.2) is 53.4 Å². The molecule has 0 fully saturated rings. The highest BCUT2D eigenvalue weighted by atomic mass is 32.1. The van der Waals surface area contributed by atoms with Crippen LogP contribution in [0.2, 0.25) is 0 Å². The van der Waals surface area contributed by atoms with E-state index in [1.54, 1.807) is 12.1 Å². The lowest BCUT2D eigenvalue weighted by atomic mass is 10.2. The van der Waals surface area contributed by atoms with Crippen LogP contribution in [0, 0.1) is 5.82 Å². The van der Waals surface area contributed by atoms with E-state index in [0.29, 0.717) is 12.4 Å². The molecule has 2 aromatic carbocycles. The Balaban J connectivity index is 1.99. The molecular formula is C13H11FOS. The molecule has 0 bridgehead atoms. The Morgan fingerprint density at radius 1 is 1.06 bits per heavy atom. The van der Waals surface area contributed by atoms with E-state index in [1.807, 2.05) is 24.3 Å². The number of hydrogen-bond donors (Lipinski definition) is 1. The molecule has 0 unspecified atom stereocenters. The minimum atomic E-state index is -0.260. The molecule has 0 saturated carbocycles. The van der Waals surface area contributed by atoms with Crippen molar-refractivity contribution in [2.24, 2.45) is 0 Å². The summed E-state index contributed by atoms with van der Waals surface area (Å²) < 4.78 is 18.1. The summed E-state index contributed by atoms with van der Waals surface area (Å²) in [7, 11) is 0. The average Bonchev–Trinajstić information content (AvgIpc) is 2.28. The second-order valence-electron chi connectivity index (χ2n) is 3.41. The van der Waals surface area contributed by atoms with Crippen molar-refractivity contribution in [1.29, 1.82) is 0 Å². The van der Waals surface area contributed by atoms with E-state index < -0.39 is 0 Å². The standard InChI is InChI=1S/C13H11FOS/c14-11-4-6-12(7-5-11)15-9-10-2-1-3-13(16)8-10/h1-8,16H,9H2. The minimum absolute atomic E-state index is 0.260. The van der Waals surface area contributed by atoms with Crippen LogP contribution in [0.25, 0.3) is 0 Å². The van der Waals surface area contributed by atoms with Crippen LogP contribution in [0.4, 0.5) is 4.39 Å². The van der Waals surface area contributed by atoms with Crippen molar-refractivity contribution in [3.05, 3.63) is 59.9 Å². The van der Waals surface area contributed by atoms with Crippen molar-refractivity contribution in [3.8, 4) is 5.75 Å². The van der Waals surface area contributed by atoms with E-state index in [9.17, 15) is 4.39 Å². The predicted molar refractivity (Wildman–Crippen MR) is 64.4 cm³/mol. The third-order valence-corrected chi connectivity index (χ3v) is 2.41. The van der Waals surface area contributed by atoms with E-state index in [1.165, 1.54) is 12.1 Å². The largest absolute Gasteiger partial charge is 0.489 e. The monoisotopic (exact) mass is 234 g/mol. The first-order valence-electron chi connectivity index (χ1n) is 4.90. The highest BCUT2D eigenvalue weighted by molar-refractivity contribution is 7.80. The zero-order valence-electron chi connectivity index (χ0n) is 8.56. The van der Waals surface area contributed by atoms with Crippen molar-refractivity contribution in [2.45, 2.75) is 11.5 Å². The van der Waals surface area contributed by atoms with Gasteiger partial charge in [0.15, 0.2) is 0 Å². The Morgan fingerprint density at radius 3 is 2.50 bits per heavy atom. The molecule has 1 nitrogen and oxygen atoms in total. The number of thiol groups is 1. The molecule has 0 spiro atoms. The molecule has 0 saturated heterocycles. The summed E-state index contributed by atoms with van der Waals surface area (Å²) in [6, 6.07) is 13.7. The van der Waals surface area contributed by atoms with E-state index in [0.717, 1.165) is 10.5 Å². The lowest BCUT2D eigenvalue weighted by molar-refractivity contribution is 0.305. The number of ether oxygens (including phenoxy) is 1. The number of benzene rings is 2. The molecule has 0 atom stereocenters. The first-order chi connectivity index (χ1) is 7.74. The zero-order valence-corrected chi connectivity index (χ0v) is 9.45. The van der Waals surface area contributed by atoms with E-state index in [-0.39, 0.29) is 5.82 Å². The SMILES string of the molecule is Fc1ccc(OCc2cccc(S)c2)cc1. The molecule has 0 amide bonds. The lowest BCUT2D eigenvalue weighted by Crippen LogP contribution is -1.95. The molecule has 82 valence electrons. The Morgan fingerprint density at radius 2 is 1.81 bits per heavy atom. The van der Waals surface area contributed by atoms with Gasteiger partial charge in [-0.2, -0.15) is 0 Å². The van der Waals surface area contributed by atoms with Gasteiger partial charge in [0.05, 0.1) is 0 Å². The van der Waals surface area contributed by atoms with Gasteiger partial charge in [-0.05, 0) is 42.0 Å². The average molecular weight is 234 g/mol. The van der Waals surface area contributed by atoms with E-state index >= 15 is 0 Å². The highest BCUT2D eigenvalue weighted by Gasteiger charge is 1.97. The van der Waals surface area contributed by atoms with Gasteiger partial charge < -0.3 is 4.74 Å². The summed E-state index contributed by atoms with van der Waals surface area (Å²) in [5, 5.41) is 0. The Labute approximate surface area is 99.3 Å². The van der Waals surface area contributed by atoms with Gasteiger partial charge in [-0.3, -0.25) is 0 Å². The molecule has 3 heteroatoms. The quantitative estimate of drug-likeness (QED) is 0.797. The van der Waals surface area contributed by atoms with Gasteiger partial charge in [-0.25, -0.2) is 4.39 Å². The summed E-state index contributed by atoms with van der Waals surface area (Å²) in [6.07, 6.45) is 0. The highest BCUT2D eigenvalue weighted by Crippen LogP contribution is 2.15. The summed E-state index contributed by atoms with van der Waals surface area (Å²) in [6.45, 7) is 0.458. The molecule has 0 aliphatic carbocycles. The second kappa shape index (κ2) is 5.03. The minimum Gasteiger partial charge on any atom is -0.489 e.